The van der Waals surface area contributed by atoms with Crippen LogP contribution >= 0.6 is 0 Å². The van der Waals surface area contributed by atoms with Gasteiger partial charge < -0.3 is 24.7 Å². The minimum atomic E-state index is -5.08. The van der Waals surface area contributed by atoms with Crippen molar-refractivity contribution in [3.8, 4) is 17.6 Å². The number of carbonyl (C=O) groups excluding carboxylic acids is 1. The number of carboxylic acids is 1. The Morgan fingerprint density at radius 3 is 2.05 bits per heavy atom. The average molecular weight is 547 g/mol. The predicted molar refractivity (Wildman–Crippen MR) is 139 cm³/mol. The number of ether oxygens (including phenoxy) is 1. The van der Waals surface area contributed by atoms with E-state index in [2.05, 4.69) is 16.7 Å². The molecule has 0 saturated carbocycles. The molecule has 2 unspecified atom stereocenters. The molecule has 1 amide bonds. The summed E-state index contributed by atoms with van der Waals surface area (Å²) in [5, 5.41) is 17.0. The number of hydrogen-bond donors (Lipinski definition) is 2. The second kappa shape index (κ2) is 14.0. The van der Waals surface area contributed by atoms with Crippen LogP contribution in [0.4, 0.5) is 13.2 Å². The highest BCUT2D eigenvalue weighted by Gasteiger charge is 2.38. The van der Waals surface area contributed by atoms with Crippen LogP contribution in [0.5, 0.6) is 5.75 Å². The Morgan fingerprint density at radius 1 is 0.949 bits per heavy atom. The zero-order chi connectivity index (χ0) is 28.4. The third kappa shape index (κ3) is 9.61. The summed E-state index contributed by atoms with van der Waals surface area (Å²) < 4.78 is 36.9. The number of likely N-dealkylation sites (tertiary alicyclic amines) is 2. The molecule has 2 heterocycles. The van der Waals surface area contributed by atoms with Gasteiger partial charge in [0.05, 0.1) is 13.2 Å². The van der Waals surface area contributed by atoms with Gasteiger partial charge in [-0.1, -0.05) is 11.8 Å². The number of hydrogen-bond acceptors (Lipinski definition) is 5. The molecular weight excluding hydrogens is 513 g/mol. The number of aliphatic carboxylic acids is 1. The number of benzene rings is 2. The molecule has 7 nitrogen and oxygen atoms in total. The Morgan fingerprint density at radius 2 is 1.51 bits per heavy atom. The number of carboxylic acid groups (broad SMARTS) is 1. The second-order valence-electron chi connectivity index (χ2n) is 9.67. The molecule has 2 atom stereocenters. The molecule has 2 aliphatic heterocycles. The summed E-state index contributed by atoms with van der Waals surface area (Å²) in [6.07, 6.45) is -1.12. The predicted octanol–water partition coefficient (Wildman–Crippen LogP) is 4.04. The molecule has 10 heteroatoms. The van der Waals surface area contributed by atoms with E-state index in [0.717, 1.165) is 75.3 Å². The van der Waals surface area contributed by atoms with Crippen molar-refractivity contribution in [3.63, 3.8) is 0 Å². The molecule has 39 heavy (non-hydrogen) atoms. The summed E-state index contributed by atoms with van der Waals surface area (Å²) in [7, 11) is 1.65. The Balaban J connectivity index is 0.000000532. The third-order valence-corrected chi connectivity index (χ3v) is 6.62. The van der Waals surface area contributed by atoms with Gasteiger partial charge in [-0.15, -0.1) is 0 Å². The van der Waals surface area contributed by atoms with Crippen molar-refractivity contribution in [3.05, 3.63) is 65.2 Å². The number of rotatable bonds is 4. The molecule has 2 aromatic rings. The highest BCUT2D eigenvalue weighted by atomic mass is 19.4. The summed E-state index contributed by atoms with van der Waals surface area (Å²) in [6.45, 7) is 4.41. The van der Waals surface area contributed by atoms with Crippen molar-refractivity contribution < 1.29 is 37.7 Å². The van der Waals surface area contributed by atoms with Gasteiger partial charge in [0, 0.05) is 42.9 Å². The van der Waals surface area contributed by atoms with Gasteiger partial charge in [0.25, 0.3) is 5.91 Å². The fraction of sp³-hybridized carbons (Fsp3) is 0.448. The van der Waals surface area contributed by atoms with Crippen molar-refractivity contribution in [1.29, 1.82) is 0 Å². The summed E-state index contributed by atoms with van der Waals surface area (Å²) >= 11 is 0. The number of carbonyl (C=O) groups is 2. The summed E-state index contributed by atoms with van der Waals surface area (Å²) in [5.41, 5.74) is 2.53. The molecule has 2 aromatic carbocycles. The van der Waals surface area contributed by atoms with Gasteiger partial charge in [-0.3, -0.25) is 4.79 Å². The Hall–Kier alpha value is -3.55. The zero-order valence-corrected chi connectivity index (χ0v) is 21.8. The maximum Gasteiger partial charge on any atom is 0.490 e. The van der Waals surface area contributed by atoms with Crippen LogP contribution in [0, 0.1) is 17.8 Å². The zero-order valence-electron chi connectivity index (χ0n) is 21.8. The highest BCUT2D eigenvalue weighted by Crippen LogP contribution is 2.22. The quantitative estimate of drug-likeness (QED) is 0.563. The number of aliphatic hydroxyl groups is 1. The highest BCUT2D eigenvalue weighted by molar-refractivity contribution is 5.94. The van der Waals surface area contributed by atoms with Gasteiger partial charge in [0.15, 0.2) is 0 Å². The number of methoxy groups -OCH3 is 1. The van der Waals surface area contributed by atoms with Crippen LogP contribution in [0.2, 0.25) is 0 Å². The largest absolute Gasteiger partial charge is 0.497 e. The molecular formula is C29H33F3N2O5. The Bertz CT molecular complexity index is 1160. The molecule has 0 spiro atoms. The van der Waals surface area contributed by atoms with Crippen molar-refractivity contribution in [1.82, 2.24) is 9.80 Å². The molecule has 2 saturated heterocycles. The first-order chi connectivity index (χ1) is 18.5. The molecule has 2 fully saturated rings. The monoisotopic (exact) mass is 546 g/mol. The number of amides is 1. The maximum atomic E-state index is 13.1. The molecule has 0 bridgehead atoms. The number of aliphatic hydroxyl groups excluding tert-OH is 1. The van der Waals surface area contributed by atoms with E-state index in [1.165, 1.54) is 0 Å². The maximum absolute atomic E-state index is 13.1. The number of piperidine rings is 2. The first-order valence-corrected chi connectivity index (χ1v) is 12.8. The standard InChI is InChI=1S/C27H32N2O3.C2HF3O2/c1-32-26-14-10-22(11-15-26)7-6-21-8-12-24(13-9-21)27(31)29-17-2-4-23(19-29)18-28-16-3-5-25(30)20-28;3-2(4,5)1(6)7/h8-15,23,25,30H,2-5,16-20H2,1H3;(H,6,7). The van der Waals surface area contributed by atoms with E-state index in [-0.39, 0.29) is 12.0 Å². The lowest BCUT2D eigenvalue weighted by Crippen LogP contribution is -2.46. The lowest BCUT2D eigenvalue weighted by molar-refractivity contribution is -0.192. The van der Waals surface area contributed by atoms with Crippen molar-refractivity contribution in [2.24, 2.45) is 5.92 Å². The van der Waals surface area contributed by atoms with E-state index in [1.54, 1.807) is 7.11 Å². The lowest BCUT2D eigenvalue weighted by Gasteiger charge is -2.37. The van der Waals surface area contributed by atoms with Crippen molar-refractivity contribution in [2.45, 2.75) is 38.0 Å². The first kappa shape index (κ1) is 30.0. The van der Waals surface area contributed by atoms with Crippen LogP contribution in [0.1, 0.15) is 47.2 Å². The van der Waals surface area contributed by atoms with Crippen LogP contribution in [0.3, 0.4) is 0 Å². The molecule has 2 aliphatic rings. The second-order valence-corrected chi connectivity index (χ2v) is 9.67. The van der Waals surface area contributed by atoms with Gasteiger partial charge in [-0.2, -0.15) is 13.2 Å². The molecule has 2 N–H and O–H groups in total. The minimum absolute atomic E-state index is 0.100. The fourth-order valence-electron chi connectivity index (χ4n) is 4.66. The summed E-state index contributed by atoms with van der Waals surface area (Å²) in [6, 6.07) is 15.2. The third-order valence-electron chi connectivity index (χ3n) is 6.62. The number of nitrogens with zero attached hydrogens (tertiary/aromatic N) is 2. The van der Waals surface area contributed by atoms with E-state index in [4.69, 9.17) is 14.6 Å². The Kier molecular flexibility index (Phi) is 10.8. The van der Waals surface area contributed by atoms with Crippen LogP contribution < -0.4 is 4.74 Å². The normalized spacial score (nSPS) is 19.7. The smallest absolute Gasteiger partial charge is 0.490 e. The topological polar surface area (TPSA) is 90.3 Å². The van der Waals surface area contributed by atoms with Gasteiger partial charge >= 0.3 is 12.1 Å². The van der Waals surface area contributed by atoms with E-state index < -0.39 is 12.1 Å². The van der Waals surface area contributed by atoms with Gasteiger partial charge in [0.1, 0.15) is 5.75 Å². The van der Waals surface area contributed by atoms with Crippen molar-refractivity contribution in [2.75, 3.05) is 39.8 Å². The van der Waals surface area contributed by atoms with Crippen LogP contribution in [-0.4, -0.2) is 84.0 Å². The number of β-amino-alcohol motifs (C(OH)–C–C–N with tert-alkyl or cyclic N) is 1. The summed E-state index contributed by atoms with van der Waals surface area (Å²) in [4.78, 5) is 26.3. The fourth-order valence-corrected chi connectivity index (χ4v) is 4.66. The van der Waals surface area contributed by atoms with Crippen LogP contribution in [0.25, 0.3) is 0 Å². The van der Waals surface area contributed by atoms with Crippen molar-refractivity contribution >= 4 is 11.9 Å². The van der Waals surface area contributed by atoms with E-state index >= 15 is 0 Å². The van der Waals surface area contributed by atoms with Gasteiger partial charge in [-0.05, 0) is 86.7 Å². The van der Waals surface area contributed by atoms with E-state index in [1.807, 2.05) is 53.4 Å². The van der Waals surface area contributed by atoms with Gasteiger partial charge in [-0.25, -0.2) is 4.79 Å². The average Bonchev–Trinajstić information content (AvgIpc) is 2.92. The summed E-state index contributed by atoms with van der Waals surface area (Å²) in [5.74, 6) is 4.94. The SMILES string of the molecule is COc1ccc(C#Cc2ccc(C(=O)N3CCCC(CN4CCCC(O)C4)C3)cc2)cc1.O=C(O)C(F)(F)F. The van der Waals surface area contributed by atoms with Gasteiger partial charge in [0.2, 0.25) is 0 Å². The minimum Gasteiger partial charge on any atom is -0.497 e. The number of alkyl halides is 3. The Labute approximate surface area is 226 Å². The molecule has 210 valence electrons. The van der Waals surface area contributed by atoms with E-state index in [0.29, 0.717) is 11.5 Å². The first-order valence-electron chi connectivity index (χ1n) is 12.8. The molecule has 4 rings (SSSR count). The molecule has 0 aliphatic carbocycles. The molecule has 0 radical (unpaired) electrons. The van der Waals surface area contributed by atoms with Crippen LogP contribution in [-0.2, 0) is 4.79 Å². The lowest BCUT2D eigenvalue weighted by atomic mass is 9.95. The molecule has 0 aromatic heterocycles. The number of halogens is 3. The van der Waals surface area contributed by atoms with Crippen LogP contribution in [0.15, 0.2) is 48.5 Å². The van der Waals surface area contributed by atoms with E-state index in [9.17, 15) is 23.1 Å².